The van der Waals surface area contributed by atoms with Crippen molar-refractivity contribution in [2.24, 2.45) is 0 Å². The molecule has 1 aromatic rings. The molecule has 0 saturated carbocycles. The SMILES string of the molecule is CN(CCCCCCl)S(=O)(=O)c1cc(Br)ccc1Br. The van der Waals surface area contributed by atoms with E-state index < -0.39 is 10.0 Å². The third kappa shape index (κ3) is 5.01. The number of unbranched alkanes of at least 4 members (excludes halogenated alkanes) is 2. The molecule has 1 aromatic carbocycles. The van der Waals surface area contributed by atoms with Gasteiger partial charge in [-0.2, -0.15) is 0 Å². The largest absolute Gasteiger partial charge is 0.243 e. The number of sulfonamides is 1. The maximum atomic E-state index is 12.4. The van der Waals surface area contributed by atoms with Crippen molar-refractivity contribution < 1.29 is 8.42 Å². The van der Waals surface area contributed by atoms with Crippen molar-refractivity contribution in [3.05, 3.63) is 27.1 Å². The molecule has 0 bridgehead atoms. The maximum Gasteiger partial charge on any atom is 0.243 e. The van der Waals surface area contributed by atoms with Gasteiger partial charge in [-0.3, -0.25) is 0 Å². The van der Waals surface area contributed by atoms with E-state index in [2.05, 4.69) is 31.9 Å². The highest BCUT2D eigenvalue weighted by Gasteiger charge is 2.23. The summed E-state index contributed by atoms with van der Waals surface area (Å²) in [7, 11) is -1.86. The lowest BCUT2D eigenvalue weighted by Gasteiger charge is -2.18. The molecule has 0 unspecified atom stereocenters. The Labute approximate surface area is 136 Å². The smallest absolute Gasteiger partial charge is 0.207 e. The molecular formula is C12H16Br2ClNO2S. The molecule has 0 saturated heterocycles. The first-order valence-corrected chi connectivity index (χ1v) is 9.43. The summed E-state index contributed by atoms with van der Waals surface area (Å²) in [4.78, 5) is 0.279. The summed E-state index contributed by atoms with van der Waals surface area (Å²) >= 11 is 12.2. The summed E-state index contributed by atoms with van der Waals surface area (Å²) in [5.74, 6) is 0.619. The zero-order valence-electron chi connectivity index (χ0n) is 10.6. The molecule has 0 spiro atoms. The lowest BCUT2D eigenvalue weighted by Crippen LogP contribution is -2.28. The van der Waals surface area contributed by atoms with Crippen molar-refractivity contribution in [1.82, 2.24) is 4.31 Å². The number of halogens is 3. The number of nitrogens with zero attached hydrogens (tertiary/aromatic N) is 1. The molecule has 0 heterocycles. The summed E-state index contributed by atoms with van der Waals surface area (Å²) in [6.45, 7) is 0.498. The Morgan fingerprint density at radius 1 is 1.21 bits per heavy atom. The van der Waals surface area contributed by atoms with Crippen LogP contribution in [0.2, 0.25) is 0 Å². The summed E-state index contributed by atoms with van der Waals surface area (Å²) < 4.78 is 27.5. The van der Waals surface area contributed by atoms with E-state index in [0.717, 1.165) is 23.7 Å². The Balaban J connectivity index is 2.82. The molecule has 7 heteroatoms. The average Bonchev–Trinajstić information content (AvgIpc) is 2.37. The normalized spacial score (nSPS) is 12.1. The van der Waals surface area contributed by atoms with Gasteiger partial charge in [0.2, 0.25) is 10.0 Å². The second kappa shape index (κ2) is 7.98. The van der Waals surface area contributed by atoms with Gasteiger partial charge in [-0.15, -0.1) is 11.6 Å². The van der Waals surface area contributed by atoms with Crippen molar-refractivity contribution in [3.8, 4) is 0 Å². The van der Waals surface area contributed by atoms with E-state index in [9.17, 15) is 8.42 Å². The highest BCUT2D eigenvalue weighted by atomic mass is 79.9. The lowest BCUT2D eigenvalue weighted by atomic mass is 10.2. The third-order valence-electron chi connectivity index (χ3n) is 2.69. The van der Waals surface area contributed by atoms with Crippen LogP contribution in [0.4, 0.5) is 0 Å². The molecule has 0 radical (unpaired) electrons. The molecule has 0 fully saturated rings. The van der Waals surface area contributed by atoms with Crippen LogP contribution in [0.5, 0.6) is 0 Å². The van der Waals surface area contributed by atoms with E-state index in [1.807, 2.05) is 0 Å². The second-order valence-electron chi connectivity index (χ2n) is 4.15. The molecule has 1 rings (SSSR count). The van der Waals surface area contributed by atoms with Crippen molar-refractivity contribution in [2.75, 3.05) is 19.5 Å². The number of alkyl halides is 1. The molecule has 3 nitrogen and oxygen atoms in total. The highest BCUT2D eigenvalue weighted by molar-refractivity contribution is 9.11. The van der Waals surface area contributed by atoms with Crippen LogP contribution in [0.1, 0.15) is 19.3 Å². The third-order valence-corrected chi connectivity index (χ3v) is 6.30. The molecule has 0 aromatic heterocycles. The number of rotatable bonds is 7. The molecule has 0 aliphatic rings. The predicted octanol–water partition coefficient (Wildman–Crippen LogP) is 4.24. The zero-order chi connectivity index (χ0) is 14.5. The van der Waals surface area contributed by atoms with Crippen LogP contribution in [0, 0.1) is 0 Å². The van der Waals surface area contributed by atoms with Gasteiger partial charge in [0, 0.05) is 28.4 Å². The van der Waals surface area contributed by atoms with Crippen molar-refractivity contribution in [3.63, 3.8) is 0 Å². The van der Waals surface area contributed by atoms with Crippen LogP contribution in [-0.2, 0) is 10.0 Å². The van der Waals surface area contributed by atoms with Gasteiger partial charge in [-0.25, -0.2) is 12.7 Å². The van der Waals surface area contributed by atoms with Crippen molar-refractivity contribution in [2.45, 2.75) is 24.2 Å². The first kappa shape index (κ1) is 17.4. The Morgan fingerprint density at radius 3 is 2.53 bits per heavy atom. The minimum absolute atomic E-state index is 0.279. The van der Waals surface area contributed by atoms with E-state index in [1.165, 1.54) is 4.31 Å². The van der Waals surface area contributed by atoms with Gasteiger partial charge in [0.1, 0.15) is 0 Å². The predicted molar refractivity (Wildman–Crippen MR) is 86.2 cm³/mol. The van der Waals surface area contributed by atoms with E-state index in [-0.39, 0.29) is 4.90 Å². The summed E-state index contributed by atoms with van der Waals surface area (Å²) in [5, 5.41) is 0. The highest BCUT2D eigenvalue weighted by Crippen LogP contribution is 2.27. The molecule has 108 valence electrons. The average molecular weight is 434 g/mol. The Hall–Kier alpha value is 0.380. The molecule has 0 N–H and O–H groups in total. The maximum absolute atomic E-state index is 12.4. The topological polar surface area (TPSA) is 37.4 Å². The van der Waals surface area contributed by atoms with Crippen LogP contribution in [0.15, 0.2) is 32.0 Å². The van der Waals surface area contributed by atoms with Gasteiger partial charge >= 0.3 is 0 Å². The van der Waals surface area contributed by atoms with Gasteiger partial charge in [0.15, 0.2) is 0 Å². The van der Waals surface area contributed by atoms with Crippen molar-refractivity contribution >= 4 is 53.5 Å². The number of benzene rings is 1. The summed E-state index contributed by atoms with van der Waals surface area (Å²) in [6.07, 6.45) is 2.66. The standard InChI is InChI=1S/C12H16Br2ClNO2S/c1-16(8-4-2-3-7-15)19(17,18)12-9-10(13)5-6-11(12)14/h5-6,9H,2-4,7-8H2,1H3. The van der Waals surface area contributed by atoms with Crippen LogP contribution in [0.25, 0.3) is 0 Å². The van der Waals surface area contributed by atoms with Crippen LogP contribution >= 0.6 is 43.5 Å². The van der Waals surface area contributed by atoms with Crippen LogP contribution in [-0.4, -0.2) is 32.2 Å². The fraction of sp³-hybridized carbons (Fsp3) is 0.500. The fourth-order valence-electron chi connectivity index (χ4n) is 1.57. The first-order valence-electron chi connectivity index (χ1n) is 5.87. The first-order chi connectivity index (χ1) is 8.89. The fourth-order valence-corrected chi connectivity index (χ4v) is 4.43. The zero-order valence-corrected chi connectivity index (χ0v) is 15.3. The summed E-state index contributed by atoms with van der Waals surface area (Å²) in [5.41, 5.74) is 0. The second-order valence-corrected chi connectivity index (χ2v) is 8.31. The van der Waals surface area contributed by atoms with E-state index >= 15 is 0 Å². The molecule has 0 atom stereocenters. The monoisotopic (exact) mass is 431 g/mol. The molecule has 0 aliphatic carbocycles. The molecule has 0 aliphatic heterocycles. The van der Waals surface area contributed by atoms with Gasteiger partial charge < -0.3 is 0 Å². The molecule has 19 heavy (non-hydrogen) atoms. The minimum Gasteiger partial charge on any atom is -0.207 e. The van der Waals surface area contributed by atoms with Crippen molar-refractivity contribution in [1.29, 1.82) is 0 Å². The van der Waals surface area contributed by atoms with Gasteiger partial charge in [-0.1, -0.05) is 22.4 Å². The van der Waals surface area contributed by atoms with E-state index in [4.69, 9.17) is 11.6 Å². The quantitative estimate of drug-likeness (QED) is 0.476. The van der Waals surface area contributed by atoms with E-state index in [1.54, 1.807) is 25.2 Å². The molecule has 0 amide bonds. The Morgan fingerprint density at radius 2 is 1.89 bits per heavy atom. The van der Waals surface area contributed by atoms with Crippen LogP contribution in [0.3, 0.4) is 0 Å². The van der Waals surface area contributed by atoms with Crippen LogP contribution < -0.4 is 0 Å². The Bertz CT molecular complexity index is 522. The van der Waals surface area contributed by atoms with Gasteiger partial charge in [0.25, 0.3) is 0 Å². The Kier molecular flexibility index (Phi) is 7.32. The lowest BCUT2D eigenvalue weighted by molar-refractivity contribution is 0.454. The van der Waals surface area contributed by atoms with Gasteiger partial charge in [0.05, 0.1) is 4.90 Å². The van der Waals surface area contributed by atoms with E-state index in [0.29, 0.717) is 16.9 Å². The number of hydrogen-bond donors (Lipinski definition) is 0. The number of hydrogen-bond acceptors (Lipinski definition) is 2. The minimum atomic E-state index is -3.46. The van der Waals surface area contributed by atoms with Gasteiger partial charge in [-0.05, 0) is 47.0 Å². The molecular weight excluding hydrogens is 417 g/mol. The summed E-state index contributed by atoms with van der Waals surface area (Å²) in [6, 6.07) is 5.12.